The molecule has 5 nitrogen and oxygen atoms in total. The highest BCUT2D eigenvalue weighted by molar-refractivity contribution is 5.98. The van der Waals surface area contributed by atoms with E-state index in [9.17, 15) is 4.79 Å². The lowest BCUT2D eigenvalue weighted by Crippen LogP contribution is -2.48. The predicted octanol–water partition coefficient (Wildman–Crippen LogP) is 3.92. The van der Waals surface area contributed by atoms with Crippen molar-refractivity contribution < 1.29 is 4.79 Å². The molecule has 1 amide bonds. The normalized spacial score (nSPS) is 15.5. The van der Waals surface area contributed by atoms with Crippen LogP contribution in [0.3, 0.4) is 0 Å². The van der Waals surface area contributed by atoms with Crippen LogP contribution in [-0.2, 0) is 6.54 Å². The van der Waals surface area contributed by atoms with Crippen LogP contribution in [0.5, 0.6) is 0 Å². The number of aromatic amines is 2. The van der Waals surface area contributed by atoms with Gasteiger partial charge in [-0.15, -0.1) is 0 Å². The molecule has 1 aliphatic heterocycles. The lowest BCUT2D eigenvalue weighted by Gasteiger charge is -2.34. The van der Waals surface area contributed by atoms with Gasteiger partial charge < -0.3 is 14.9 Å². The zero-order valence-electron chi connectivity index (χ0n) is 16.0. The number of aromatic nitrogens is 2. The second-order valence-electron chi connectivity index (χ2n) is 7.67. The first-order valence-electron chi connectivity index (χ1n) is 9.84. The molecule has 28 heavy (non-hydrogen) atoms. The van der Waals surface area contributed by atoms with Crippen molar-refractivity contribution in [1.82, 2.24) is 19.8 Å². The van der Waals surface area contributed by atoms with Gasteiger partial charge in [-0.25, -0.2) is 0 Å². The molecule has 2 aromatic carbocycles. The van der Waals surface area contributed by atoms with Crippen LogP contribution in [0.1, 0.15) is 21.7 Å². The van der Waals surface area contributed by atoms with Gasteiger partial charge in [-0.2, -0.15) is 0 Å². The van der Waals surface area contributed by atoms with Crippen LogP contribution in [0.2, 0.25) is 0 Å². The number of nitrogens with one attached hydrogen (secondary N) is 2. The molecule has 3 heterocycles. The van der Waals surface area contributed by atoms with E-state index in [0.717, 1.165) is 43.6 Å². The molecule has 0 saturated carbocycles. The van der Waals surface area contributed by atoms with Crippen LogP contribution in [0.4, 0.5) is 0 Å². The second kappa shape index (κ2) is 6.84. The number of para-hydroxylation sites is 2. The van der Waals surface area contributed by atoms with Gasteiger partial charge in [-0.1, -0.05) is 36.4 Å². The van der Waals surface area contributed by atoms with Gasteiger partial charge >= 0.3 is 0 Å². The van der Waals surface area contributed by atoms with Gasteiger partial charge in [0, 0.05) is 54.8 Å². The summed E-state index contributed by atoms with van der Waals surface area (Å²) in [7, 11) is 0. The van der Waals surface area contributed by atoms with Gasteiger partial charge in [-0.3, -0.25) is 9.69 Å². The van der Waals surface area contributed by atoms with E-state index < -0.39 is 0 Å². The fourth-order valence-corrected chi connectivity index (χ4v) is 4.16. The van der Waals surface area contributed by atoms with Crippen LogP contribution in [0.25, 0.3) is 21.8 Å². The lowest BCUT2D eigenvalue weighted by atomic mass is 10.2. The Morgan fingerprint density at radius 2 is 1.71 bits per heavy atom. The first-order valence-corrected chi connectivity index (χ1v) is 9.84. The van der Waals surface area contributed by atoms with E-state index in [0.29, 0.717) is 5.69 Å². The minimum Gasteiger partial charge on any atom is -0.357 e. The minimum absolute atomic E-state index is 0.0980. The van der Waals surface area contributed by atoms with Crippen LogP contribution in [0, 0.1) is 6.92 Å². The maximum Gasteiger partial charge on any atom is 0.270 e. The number of amides is 1. The zero-order valence-corrected chi connectivity index (χ0v) is 16.0. The molecular formula is C23H24N4O. The van der Waals surface area contributed by atoms with E-state index in [-0.39, 0.29) is 5.91 Å². The fraction of sp³-hybridized carbons (Fsp3) is 0.261. The van der Waals surface area contributed by atoms with Crippen LogP contribution >= 0.6 is 0 Å². The zero-order chi connectivity index (χ0) is 19.1. The predicted molar refractivity (Wildman–Crippen MR) is 113 cm³/mol. The molecule has 0 spiro atoms. The molecular weight excluding hydrogens is 348 g/mol. The quantitative estimate of drug-likeness (QED) is 0.573. The number of benzene rings is 2. The van der Waals surface area contributed by atoms with E-state index in [2.05, 4.69) is 58.2 Å². The number of carbonyl (C=O) groups is 1. The standard InChI is InChI=1S/C23H24N4O/c1-16-5-4-7-18-14-21(25-22(16)18)23(28)27-11-9-26(10-12-27)15-19-13-17-6-2-3-8-20(17)24-19/h2-8,13-14,24-25H,9-12,15H2,1H3. The van der Waals surface area contributed by atoms with Gasteiger partial charge in [0.25, 0.3) is 5.91 Å². The Morgan fingerprint density at radius 3 is 2.50 bits per heavy atom. The van der Waals surface area contributed by atoms with Gasteiger partial charge in [0.1, 0.15) is 5.69 Å². The van der Waals surface area contributed by atoms with E-state index in [1.807, 2.05) is 23.1 Å². The van der Waals surface area contributed by atoms with Crippen molar-refractivity contribution in [1.29, 1.82) is 0 Å². The Balaban J connectivity index is 1.24. The summed E-state index contributed by atoms with van der Waals surface area (Å²) in [6, 6.07) is 18.7. The Bertz CT molecular complexity index is 1110. The number of hydrogen-bond acceptors (Lipinski definition) is 2. The van der Waals surface area contributed by atoms with E-state index >= 15 is 0 Å². The molecule has 1 aliphatic rings. The van der Waals surface area contributed by atoms with E-state index in [1.165, 1.54) is 22.2 Å². The number of nitrogens with zero attached hydrogens (tertiary/aromatic N) is 2. The number of hydrogen-bond donors (Lipinski definition) is 2. The van der Waals surface area contributed by atoms with Crippen LogP contribution < -0.4 is 0 Å². The molecule has 0 unspecified atom stereocenters. The highest BCUT2D eigenvalue weighted by atomic mass is 16.2. The van der Waals surface area contributed by atoms with E-state index in [4.69, 9.17) is 0 Å². The van der Waals surface area contributed by atoms with Crippen molar-refractivity contribution >= 4 is 27.7 Å². The van der Waals surface area contributed by atoms with Crippen molar-refractivity contribution in [2.45, 2.75) is 13.5 Å². The lowest BCUT2D eigenvalue weighted by molar-refractivity contribution is 0.0622. The third-order valence-electron chi connectivity index (χ3n) is 5.73. The molecule has 1 saturated heterocycles. The van der Waals surface area contributed by atoms with Crippen molar-refractivity contribution in [2.24, 2.45) is 0 Å². The molecule has 0 radical (unpaired) electrons. The van der Waals surface area contributed by atoms with Crippen molar-refractivity contribution in [3.8, 4) is 0 Å². The average Bonchev–Trinajstić information content (AvgIpc) is 3.32. The number of rotatable bonds is 3. The summed E-state index contributed by atoms with van der Waals surface area (Å²) in [5, 5.41) is 2.35. The monoisotopic (exact) mass is 372 g/mol. The Labute approximate surface area is 164 Å². The summed E-state index contributed by atoms with van der Waals surface area (Å²) < 4.78 is 0. The van der Waals surface area contributed by atoms with Gasteiger partial charge in [0.05, 0.1) is 0 Å². The molecule has 2 aromatic heterocycles. The number of carbonyl (C=O) groups excluding carboxylic acids is 1. The topological polar surface area (TPSA) is 55.1 Å². The maximum atomic E-state index is 12.9. The Hall–Kier alpha value is -3.05. The van der Waals surface area contributed by atoms with Crippen LogP contribution in [0.15, 0.2) is 54.6 Å². The van der Waals surface area contributed by atoms with Gasteiger partial charge in [-0.05, 0) is 36.1 Å². The molecule has 4 aromatic rings. The number of H-pyrrole nitrogens is 2. The molecule has 2 N–H and O–H groups in total. The van der Waals surface area contributed by atoms with Crippen molar-refractivity contribution in [3.05, 3.63) is 71.5 Å². The molecule has 142 valence electrons. The third kappa shape index (κ3) is 3.08. The molecule has 0 atom stereocenters. The Kier molecular flexibility index (Phi) is 4.17. The highest BCUT2D eigenvalue weighted by Gasteiger charge is 2.23. The fourth-order valence-electron chi connectivity index (χ4n) is 4.16. The summed E-state index contributed by atoms with van der Waals surface area (Å²) in [5.41, 5.74) is 5.32. The summed E-state index contributed by atoms with van der Waals surface area (Å²) in [6.07, 6.45) is 0. The summed E-state index contributed by atoms with van der Waals surface area (Å²) >= 11 is 0. The minimum atomic E-state index is 0.0980. The van der Waals surface area contributed by atoms with Crippen molar-refractivity contribution in [3.63, 3.8) is 0 Å². The molecule has 5 heteroatoms. The summed E-state index contributed by atoms with van der Waals surface area (Å²) in [5.74, 6) is 0.0980. The maximum absolute atomic E-state index is 12.9. The number of piperazine rings is 1. The highest BCUT2D eigenvalue weighted by Crippen LogP contribution is 2.21. The first-order chi connectivity index (χ1) is 13.7. The molecule has 1 fully saturated rings. The van der Waals surface area contributed by atoms with Gasteiger partial charge in [0.15, 0.2) is 0 Å². The second-order valence-corrected chi connectivity index (χ2v) is 7.67. The molecule has 5 rings (SSSR count). The largest absolute Gasteiger partial charge is 0.357 e. The smallest absolute Gasteiger partial charge is 0.270 e. The number of fused-ring (bicyclic) bond motifs is 2. The third-order valence-corrected chi connectivity index (χ3v) is 5.73. The number of aryl methyl sites for hydroxylation is 1. The SMILES string of the molecule is Cc1cccc2cc(C(=O)N3CCN(Cc4cc5ccccc5[nH]4)CC3)[nH]c12. The van der Waals surface area contributed by atoms with Crippen molar-refractivity contribution in [2.75, 3.05) is 26.2 Å². The molecule has 0 bridgehead atoms. The molecule has 0 aliphatic carbocycles. The Morgan fingerprint density at radius 1 is 0.929 bits per heavy atom. The average molecular weight is 372 g/mol. The van der Waals surface area contributed by atoms with Gasteiger partial charge in [0.2, 0.25) is 0 Å². The first kappa shape index (κ1) is 17.1. The summed E-state index contributed by atoms with van der Waals surface area (Å²) in [6.45, 7) is 6.25. The van der Waals surface area contributed by atoms with E-state index in [1.54, 1.807) is 0 Å². The summed E-state index contributed by atoms with van der Waals surface area (Å²) in [4.78, 5) is 24.1. The van der Waals surface area contributed by atoms with Crippen LogP contribution in [-0.4, -0.2) is 51.9 Å².